The van der Waals surface area contributed by atoms with Crippen molar-refractivity contribution < 1.29 is 17.9 Å². The Morgan fingerprint density at radius 3 is 2.44 bits per heavy atom. The molecule has 0 amide bonds. The van der Waals surface area contributed by atoms with Crippen LogP contribution in [0.5, 0.6) is 0 Å². The molecule has 1 atom stereocenters. The Morgan fingerprint density at radius 2 is 1.84 bits per heavy atom. The fraction of sp³-hybridized carbons (Fsp3) is 0.316. The highest BCUT2D eigenvalue weighted by molar-refractivity contribution is 7.89. The van der Waals surface area contributed by atoms with Crippen molar-refractivity contribution in [3.63, 3.8) is 0 Å². The third-order valence-electron chi connectivity index (χ3n) is 4.38. The summed E-state index contributed by atoms with van der Waals surface area (Å²) in [5, 5.41) is 0. The molecule has 1 fully saturated rings. The summed E-state index contributed by atoms with van der Waals surface area (Å²) in [5.74, 6) is -0.254. The first-order valence-corrected chi connectivity index (χ1v) is 9.66. The Kier molecular flexibility index (Phi) is 4.92. The lowest BCUT2D eigenvalue weighted by molar-refractivity contribution is 0.0600. The molecular weight excluding hydrogens is 338 g/mol. The second kappa shape index (κ2) is 6.98. The van der Waals surface area contributed by atoms with E-state index in [0.717, 1.165) is 24.0 Å². The molecule has 0 saturated heterocycles. The van der Waals surface area contributed by atoms with Crippen LogP contribution in [0.1, 0.15) is 40.4 Å². The number of sulfonamides is 1. The maximum atomic E-state index is 12.8. The molecule has 132 valence electrons. The molecule has 1 saturated carbocycles. The molecule has 1 aliphatic carbocycles. The first-order chi connectivity index (χ1) is 11.9. The molecule has 1 N–H and O–H groups in total. The fourth-order valence-corrected chi connectivity index (χ4v) is 4.12. The van der Waals surface area contributed by atoms with Crippen LogP contribution in [0, 0.1) is 12.8 Å². The van der Waals surface area contributed by atoms with Gasteiger partial charge >= 0.3 is 5.97 Å². The molecular formula is C19H21NO4S. The van der Waals surface area contributed by atoms with E-state index in [-0.39, 0.29) is 16.5 Å². The Morgan fingerprint density at radius 1 is 1.16 bits per heavy atom. The van der Waals surface area contributed by atoms with Gasteiger partial charge in [-0.3, -0.25) is 0 Å². The molecule has 1 aliphatic rings. The third-order valence-corrected chi connectivity index (χ3v) is 5.82. The van der Waals surface area contributed by atoms with E-state index >= 15 is 0 Å². The Labute approximate surface area is 148 Å². The highest BCUT2D eigenvalue weighted by Gasteiger charge is 2.35. The number of rotatable bonds is 6. The summed E-state index contributed by atoms with van der Waals surface area (Å²) in [5.41, 5.74) is 2.30. The smallest absolute Gasteiger partial charge is 0.337 e. The molecule has 0 radical (unpaired) electrons. The maximum Gasteiger partial charge on any atom is 0.337 e. The highest BCUT2D eigenvalue weighted by Crippen LogP contribution is 2.41. The molecule has 0 bridgehead atoms. The van der Waals surface area contributed by atoms with Crippen LogP contribution in [-0.2, 0) is 14.8 Å². The summed E-state index contributed by atoms with van der Waals surface area (Å²) < 4.78 is 33.1. The summed E-state index contributed by atoms with van der Waals surface area (Å²) in [6, 6.07) is 13.5. The number of nitrogens with one attached hydrogen (secondary N) is 1. The van der Waals surface area contributed by atoms with Crippen LogP contribution in [0.25, 0.3) is 0 Å². The van der Waals surface area contributed by atoms with Gasteiger partial charge in [0.2, 0.25) is 10.0 Å². The topological polar surface area (TPSA) is 72.5 Å². The average Bonchev–Trinajstić information content (AvgIpc) is 3.45. The first-order valence-electron chi connectivity index (χ1n) is 8.18. The van der Waals surface area contributed by atoms with Gasteiger partial charge in [-0.25, -0.2) is 17.9 Å². The zero-order valence-electron chi connectivity index (χ0n) is 14.2. The number of hydrogen-bond acceptors (Lipinski definition) is 4. The van der Waals surface area contributed by atoms with Gasteiger partial charge in [-0.05, 0) is 49.4 Å². The number of aryl methyl sites for hydroxylation is 1. The van der Waals surface area contributed by atoms with E-state index in [1.165, 1.54) is 25.3 Å². The predicted octanol–water partition coefficient (Wildman–Crippen LogP) is 3.21. The lowest BCUT2D eigenvalue weighted by Gasteiger charge is -2.19. The minimum atomic E-state index is -3.74. The van der Waals surface area contributed by atoms with Gasteiger partial charge in [-0.2, -0.15) is 0 Å². The van der Waals surface area contributed by atoms with Gasteiger partial charge in [0, 0.05) is 6.04 Å². The van der Waals surface area contributed by atoms with Crippen molar-refractivity contribution in [2.75, 3.05) is 7.11 Å². The van der Waals surface area contributed by atoms with Gasteiger partial charge in [0.25, 0.3) is 0 Å². The molecule has 6 heteroatoms. The molecule has 5 nitrogen and oxygen atoms in total. The van der Waals surface area contributed by atoms with Gasteiger partial charge in [-0.1, -0.05) is 35.9 Å². The van der Waals surface area contributed by atoms with Crippen molar-refractivity contribution in [1.29, 1.82) is 0 Å². The van der Waals surface area contributed by atoms with E-state index in [1.807, 2.05) is 31.2 Å². The largest absolute Gasteiger partial charge is 0.465 e. The number of hydrogen-bond donors (Lipinski definition) is 1. The minimum Gasteiger partial charge on any atom is -0.465 e. The van der Waals surface area contributed by atoms with Crippen LogP contribution >= 0.6 is 0 Å². The van der Waals surface area contributed by atoms with E-state index < -0.39 is 16.0 Å². The fourth-order valence-electron chi connectivity index (χ4n) is 2.78. The molecule has 0 heterocycles. The van der Waals surface area contributed by atoms with E-state index in [4.69, 9.17) is 0 Å². The maximum absolute atomic E-state index is 12.8. The van der Waals surface area contributed by atoms with Crippen LogP contribution < -0.4 is 4.72 Å². The summed E-state index contributed by atoms with van der Waals surface area (Å²) in [4.78, 5) is 11.7. The van der Waals surface area contributed by atoms with Gasteiger partial charge in [0.05, 0.1) is 17.6 Å². The molecule has 25 heavy (non-hydrogen) atoms. The number of esters is 1. The molecule has 1 unspecified atom stereocenters. The molecule has 0 aliphatic heterocycles. The normalized spacial score (nSPS) is 15.6. The van der Waals surface area contributed by atoms with Crippen LogP contribution in [0.2, 0.25) is 0 Å². The number of benzene rings is 2. The minimum absolute atomic E-state index is 0.0631. The zero-order valence-corrected chi connectivity index (χ0v) is 15.0. The van der Waals surface area contributed by atoms with Crippen molar-refractivity contribution in [2.24, 2.45) is 5.92 Å². The number of carbonyl (C=O) groups is 1. The van der Waals surface area contributed by atoms with E-state index in [9.17, 15) is 13.2 Å². The Balaban J connectivity index is 1.89. The zero-order chi connectivity index (χ0) is 18.0. The second-order valence-corrected chi connectivity index (χ2v) is 8.08. The van der Waals surface area contributed by atoms with Crippen molar-refractivity contribution in [1.82, 2.24) is 4.72 Å². The number of ether oxygens (including phenoxy) is 1. The average molecular weight is 359 g/mol. The summed E-state index contributed by atoms with van der Waals surface area (Å²) >= 11 is 0. The second-order valence-electron chi connectivity index (χ2n) is 6.37. The van der Waals surface area contributed by atoms with Crippen LogP contribution in [-0.4, -0.2) is 21.5 Å². The van der Waals surface area contributed by atoms with E-state index in [1.54, 1.807) is 6.07 Å². The lowest BCUT2D eigenvalue weighted by atomic mass is 10.0. The first kappa shape index (κ1) is 17.6. The number of carbonyl (C=O) groups excluding carboxylic acids is 1. The highest BCUT2D eigenvalue weighted by atomic mass is 32.2. The van der Waals surface area contributed by atoms with E-state index in [2.05, 4.69) is 9.46 Å². The number of methoxy groups -OCH3 is 1. The molecule has 2 aromatic rings. The predicted molar refractivity (Wildman–Crippen MR) is 94.7 cm³/mol. The van der Waals surface area contributed by atoms with E-state index in [0.29, 0.717) is 5.92 Å². The third kappa shape index (κ3) is 4.08. The molecule has 0 aromatic heterocycles. The van der Waals surface area contributed by atoms with Crippen LogP contribution in [0.4, 0.5) is 0 Å². The van der Waals surface area contributed by atoms with Crippen LogP contribution in [0.3, 0.4) is 0 Å². The van der Waals surface area contributed by atoms with Crippen molar-refractivity contribution in [3.05, 3.63) is 65.2 Å². The van der Waals surface area contributed by atoms with Crippen molar-refractivity contribution >= 4 is 16.0 Å². The summed E-state index contributed by atoms with van der Waals surface area (Å²) in [6.45, 7) is 2.00. The Bertz CT molecular complexity index is 871. The summed E-state index contributed by atoms with van der Waals surface area (Å²) in [7, 11) is -2.48. The van der Waals surface area contributed by atoms with Crippen molar-refractivity contribution in [2.45, 2.75) is 30.7 Å². The molecule has 3 rings (SSSR count). The quantitative estimate of drug-likeness (QED) is 0.804. The van der Waals surface area contributed by atoms with Gasteiger partial charge in [-0.15, -0.1) is 0 Å². The Hall–Kier alpha value is -2.18. The standard InChI is InChI=1S/C19H21NO4S/c1-13-6-8-14(9-7-13)18(15-10-11-15)20-25(22,23)17-5-3-4-16(12-17)19(21)24-2/h3-9,12,15,18,20H,10-11H2,1-2H3. The van der Waals surface area contributed by atoms with Crippen LogP contribution in [0.15, 0.2) is 53.4 Å². The lowest BCUT2D eigenvalue weighted by Crippen LogP contribution is -2.30. The monoisotopic (exact) mass is 359 g/mol. The SMILES string of the molecule is COC(=O)c1cccc(S(=O)(=O)NC(c2ccc(C)cc2)C2CC2)c1. The molecule has 0 spiro atoms. The van der Waals surface area contributed by atoms with Gasteiger partial charge < -0.3 is 4.74 Å². The van der Waals surface area contributed by atoms with Crippen molar-refractivity contribution in [3.8, 4) is 0 Å². The summed E-state index contributed by atoms with van der Waals surface area (Å²) in [6.07, 6.45) is 2.01. The van der Waals surface area contributed by atoms with Gasteiger partial charge in [0.1, 0.15) is 0 Å². The molecule has 2 aromatic carbocycles. The van der Waals surface area contributed by atoms with Gasteiger partial charge in [0.15, 0.2) is 0 Å².